The number of amides is 2. The number of aryl methyl sites for hydroxylation is 2. The van der Waals surface area contributed by atoms with Gasteiger partial charge in [0.05, 0.1) is 22.8 Å². The summed E-state index contributed by atoms with van der Waals surface area (Å²) in [4.78, 5) is 25.1. The molecule has 8 heteroatoms. The number of fused-ring (bicyclic) bond motifs is 2. The zero-order chi connectivity index (χ0) is 19.8. The van der Waals surface area contributed by atoms with Gasteiger partial charge in [-0.2, -0.15) is 5.10 Å². The average Bonchev–Trinajstić information content (AvgIpc) is 3.22. The van der Waals surface area contributed by atoms with Gasteiger partial charge in [0.15, 0.2) is 5.65 Å². The lowest BCUT2D eigenvalue weighted by atomic mass is 10.0. The van der Waals surface area contributed by atoms with Crippen molar-refractivity contribution in [2.75, 3.05) is 5.32 Å². The van der Waals surface area contributed by atoms with E-state index in [0.717, 1.165) is 22.4 Å². The minimum absolute atomic E-state index is 0.151. The number of anilines is 1. The highest BCUT2D eigenvalue weighted by atomic mass is 16.2. The highest BCUT2D eigenvalue weighted by Gasteiger charge is 2.22. The molecular formula is C20H23N7O. The van der Waals surface area contributed by atoms with Gasteiger partial charge in [0, 0.05) is 6.20 Å². The Labute approximate surface area is 162 Å². The first kappa shape index (κ1) is 18.0. The first-order chi connectivity index (χ1) is 13.4. The second-order valence-corrected chi connectivity index (χ2v) is 7.31. The number of hydrogen-bond acceptors (Lipinski definition) is 4. The van der Waals surface area contributed by atoms with Crippen LogP contribution in [0.15, 0.2) is 36.5 Å². The highest BCUT2D eigenvalue weighted by Crippen LogP contribution is 2.23. The fourth-order valence-electron chi connectivity index (χ4n) is 3.25. The number of imidazole rings is 1. The second-order valence-electron chi connectivity index (χ2n) is 7.31. The van der Waals surface area contributed by atoms with E-state index in [0.29, 0.717) is 17.2 Å². The third-order valence-corrected chi connectivity index (χ3v) is 4.62. The molecule has 0 spiro atoms. The van der Waals surface area contributed by atoms with E-state index in [1.54, 1.807) is 16.8 Å². The maximum atomic E-state index is 12.7. The molecule has 144 valence electrons. The molecular weight excluding hydrogens is 354 g/mol. The van der Waals surface area contributed by atoms with Gasteiger partial charge in [-0.25, -0.2) is 19.3 Å². The largest absolute Gasteiger partial charge is 0.340 e. The molecule has 4 aromatic rings. The van der Waals surface area contributed by atoms with Crippen molar-refractivity contribution in [2.45, 2.75) is 33.7 Å². The number of carbonyl (C=O) groups is 1. The van der Waals surface area contributed by atoms with Crippen molar-refractivity contribution < 1.29 is 4.79 Å². The van der Waals surface area contributed by atoms with Crippen LogP contribution in [-0.4, -0.2) is 30.6 Å². The monoisotopic (exact) mass is 377 g/mol. The highest BCUT2D eigenvalue weighted by molar-refractivity contribution is 5.93. The Morgan fingerprint density at radius 3 is 2.79 bits per heavy atom. The van der Waals surface area contributed by atoms with Gasteiger partial charge in [-0.05, 0) is 49.6 Å². The van der Waals surface area contributed by atoms with Crippen molar-refractivity contribution in [2.24, 2.45) is 5.92 Å². The van der Waals surface area contributed by atoms with E-state index >= 15 is 0 Å². The summed E-state index contributed by atoms with van der Waals surface area (Å²) >= 11 is 0. The zero-order valence-electron chi connectivity index (χ0n) is 16.3. The number of urea groups is 1. The summed E-state index contributed by atoms with van der Waals surface area (Å²) in [6.45, 7) is 7.95. The molecule has 1 aromatic carbocycles. The van der Waals surface area contributed by atoms with Crippen LogP contribution < -0.4 is 10.6 Å². The molecule has 0 saturated heterocycles. The summed E-state index contributed by atoms with van der Waals surface area (Å²) in [5, 5.41) is 10.2. The van der Waals surface area contributed by atoms with Crippen LogP contribution in [-0.2, 0) is 0 Å². The average molecular weight is 377 g/mol. The lowest BCUT2D eigenvalue weighted by Crippen LogP contribution is -2.35. The Balaban J connectivity index is 1.57. The summed E-state index contributed by atoms with van der Waals surface area (Å²) in [5.74, 6) is 1.54. The number of rotatable bonds is 4. The molecule has 3 aromatic heterocycles. The minimum atomic E-state index is -0.316. The number of H-pyrrole nitrogens is 1. The minimum Gasteiger partial charge on any atom is -0.340 e. The van der Waals surface area contributed by atoms with E-state index in [1.165, 1.54) is 0 Å². The van der Waals surface area contributed by atoms with Crippen LogP contribution in [0.2, 0.25) is 0 Å². The van der Waals surface area contributed by atoms with E-state index in [1.807, 2.05) is 45.9 Å². The Bertz CT molecular complexity index is 1160. The lowest BCUT2D eigenvalue weighted by Gasteiger charge is -2.20. The Hall–Kier alpha value is -3.42. The summed E-state index contributed by atoms with van der Waals surface area (Å²) < 4.78 is 1.65. The number of aromatic amines is 1. The van der Waals surface area contributed by atoms with Gasteiger partial charge >= 0.3 is 6.03 Å². The smallest absolute Gasteiger partial charge is 0.319 e. The molecule has 0 radical (unpaired) electrons. The number of hydrogen-bond donors (Lipinski definition) is 3. The Morgan fingerprint density at radius 1 is 1.18 bits per heavy atom. The molecule has 0 bridgehead atoms. The molecule has 2 amide bonds. The maximum absolute atomic E-state index is 12.7. The van der Waals surface area contributed by atoms with Crippen LogP contribution >= 0.6 is 0 Å². The molecule has 1 atom stereocenters. The molecule has 0 aliphatic carbocycles. The van der Waals surface area contributed by atoms with Crippen LogP contribution in [0.1, 0.15) is 37.1 Å². The number of nitrogens with zero attached hydrogens (tertiary/aromatic N) is 4. The third kappa shape index (κ3) is 3.40. The number of carbonyl (C=O) groups excluding carboxylic acids is 1. The molecule has 0 aliphatic heterocycles. The summed E-state index contributed by atoms with van der Waals surface area (Å²) in [6, 6.07) is 9.11. The molecule has 3 N–H and O–H groups in total. The van der Waals surface area contributed by atoms with Gasteiger partial charge in [0.25, 0.3) is 0 Å². The molecule has 8 nitrogen and oxygen atoms in total. The number of aromatic nitrogens is 5. The number of benzene rings is 1. The summed E-state index contributed by atoms with van der Waals surface area (Å²) in [6.07, 6.45) is 1.80. The van der Waals surface area contributed by atoms with E-state index in [4.69, 9.17) is 0 Å². The zero-order valence-corrected chi connectivity index (χ0v) is 16.3. The summed E-state index contributed by atoms with van der Waals surface area (Å²) in [7, 11) is 0. The maximum Gasteiger partial charge on any atom is 0.319 e. The predicted molar refractivity (Wildman–Crippen MR) is 108 cm³/mol. The lowest BCUT2D eigenvalue weighted by molar-refractivity contribution is 0.244. The third-order valence-electron chi connectivity index (χ3n) is 4.62. The molecule has 4 rings (SSSR count). The van der Waals surface area contributed by atoms with Crippen LogP contribution in [0.5, 0.6) is 0 Å². The van der Waals surface area contributed by atoms with Crippen molar-refractivity contribution >= 4 is 28.4 Å². The van der Waals surface area contributed by atoms with Crippen molar-refractivity contribution in [3.63, 3.8) is 0 Å². The topological polar surface area (TPSA) is 100 Å². The van der Waals surface area contributed by atoms with Crippen LogP contribution in [0.25, 0.3) is 16.7 Å². The van der Waals surface area contributed by atoms with E-state index in [9.17, 15) is 4.79 Å². The SMILES string of the molecule is Cc1ccc2nc([C@H](NC(=O)Nc3cccn4nc(C)nc34)C(C)C)[nH]c2c1. The molecule has 0 aliphatic rings. The van der Waals surface area contributed by atoms with Crippen molar-refractivity contribution in [3.05, 3.63) is 53.7 Å². The van der Waals surface area contributed by atoms with E-state index in [-0.39, 0.29) is 18.0 Å². The van der Waals surface area contributed by atoms with E-state index < -0.39 is 0 Å². The fourth-order valence-corrected chi connectivity index (χ4v) is 3.25. The molecule has 28 heavy (non-hydrogen) atoms. The predicted octanol–water partition coefficient (Wildman–Crippen LogP) is 3.74. The molecule has 0 fully saturated rings. The first-order valence-electron chi connectivity index (χ1n) is 9.26. The normalized spacial score (nSPS) is 12.6. The summed E-state index contributed by atoms with van der Waals surface area (Å²) in [5.41, 5.74) is 4.22. The van der Waals surface area contributed by atoms with Gasteiger partial charge in [-0.15, -0.1) is 0 Å². The molecule has 3 heterocycles. The quantitative estimate of drug-likeness (QED) is 0.504. The van der Waals surface area contributed by atoms with E-state index in [2.05, 4.69) is 36.8 Å². The standard InChI is InChI=1S/C20H23N7O/c1-11(2)17(18-22-14-8-7-12(3)10-16(14)23-18)25-20(28)24-15-6-5-9-27-19(15)21-13(4)26-27/h5-11,17H,1-4H3,(H,22,23)(H2,24,25,28)/t17-/m1/s1. The van der Waals surface area contributed by atoms with Crippen LogP contribution in [0.4, 0.5) is 10.5 Å². The van der Waals surface area contributed by atoms with Crippen molar-refractivity contribution in [1.29, 1.82) is 0 Å². The van der Waals surface area contributed by atoms with Crippen LogP contribution in [0, 0.1) is 19.8 Å². The van der Waals surface area contributed by atoms with Gasteiger partial charge in [-0.3, -0.25) is 0 Å². The number of nitrogens with one attached hydrogen (secondary N) is 3. The van der Waals surface area contributed by atoms with Gasteiger partial charge in [0.1, 0.15) is 11.6 Å². The van der Waals surface area contributed by atoms with Gasteiger partial charge in [-0.1, -0.05) is 19.9 Å². The van der Waals surface area contributed by atoms with Gasteiger partial charge < -0.3 is 15.6 Å². The van der Waals surface area contributed by atoms with Crippen molar-refractivity contribution in [3.8, 4) is 0 Å². The van der Waals surface area contributed by atoms with Crippen LogP contribution in [0.3, 0.4) is 0 Å². The Morgan fingerprint density at radius 2 is 2.00 bits per heavy atom. The van der Waals surface area contributed by atoms with Crippen molar-refractivity contribution in [1.82, 2.24) is 29.9 Å². The number of pyridine rings is 1. The second kappa shape index (κ2) is 6.95. The Kier molecular flexibility index (Phi) is 4.46. The molecule has 0 unspecified atom stereocenters. The molecule has 0 saturated carbocycles. The first-order valence-corrected chi connectivity index (χ1v) is 9.26. The van der Waals surface area contributed by atoms with Gasteiger partial charge in [0.2, 0.25) is 0 Å². The fraction of sp³-hybridized carbons (Fsp3) is 0.300.